The van der Waals surface area contributed by atoms with E-state index in [-0.39, 0.29) is 0 Å². The maximum absolute atomic E-state index is 6.37. The van der Waals surface area contributed by atoms with Gasteiger partial charge < -0.3 is 4.42 Å². The average Bonchev–Trinajstić information content (AvgIpc) is 3.77. The second kappa shape index (κ2) is 15.0. The van der Waals surface area contributed by atoms with Gasteiger partial charge in [-0.25, -0.2) is 9.97 Å². The number of aromatic nitrogens is 2. The number of benzene rings is 11. The van der Waals surface area contributed by atoms with Gasteiger partial charge in [0.2, 0.25) is 0 Å². The van der Waals surface area contributed by atoms with E-state index >= 15 is 0 Å². The largest absolute Gasteiger partial charge is 0.455 e. The fourth-order valence-corrected chi connectivity index (χ4v) is 9.80. The SMILES string of the molecule is c1ccc(-c2nc(-c3ccc(-c4cccc5c4oc4ccccc45)cc3)cc(-c3ccc4cc(-c5ccc(-c6c7ccccc7cc7c6ccc6ccccc67)cc5)ccc4c3)n2)cc1. The zero-order valence-corrected chi connectivity index (χ0v) is 35.2. The van der Waals surface area contributed by atoms with Crippen LogP contribution in [0.1, 0.15) is 0 Å². The van der Waals surface area contributed by atoms with Crippen LogP contribution in [0.4, 0.5) is 0 Å². The maximum atomic E-state index is 6.37. The van der Waals surface area contributed by atoms with Crippen LogP contribution in [0, 0.1) is 0 Å². The minimum absolute atomic E-state index is 0.693. The predicted molar refractivity (Wildman–Crippen MR) is 272 cm³/mol. The van der Waals surface area contributed by atoms with E-state index in [0.717, 1.165) is 66.5 Å². The Balaban J connectivity index is 0.840. The highest BCUT2D eigenvalue weighted by Gasteiger charge is 2.16. The topological polar surface area (TPSA) is 38.9 Å². The van der Waals surface area contributed by atoms with Crippen LogP contribution in [0.3, 0.4) is 0 Å². The number of rotatable bonds is 6. The Morgan fingerprint density at radius 1 is 0.277 bits per heavy atom. The van der Waals surface area contributed by atoms with Crippen molar-refractivity contribution in [1.29, 1.82) is 0 Å². The summed E-state index contributed by atoms with van der Waals surface area (Å²) in [5.74, 6) is 0.693. The quantitative estimate of drug-likeness (QED) is 0.124. The zero-order chi connectivity index (χ0) is 42.8. The molecule has 3 nitrogen and oxygen atoms in total. The molecule has 0 saturated heterocycles. The first kappa shape index (κ1) is 36.9. The summed E-state index contributed by atoms with van der Waals surface area (Å²) in [4.78, 5) is 10.3. The fourth-order valence-electron chi connectivity index (χ4n) is 9.80. The van der Waals surface area contributed by atoms with Gasteiger partial charge in [-0.2, -0.15) is 0 Å². The molecule has 13 aromatic rings. The molecule has 0 unspecified atom stereocenters. The van der Waals surface area contributed by atoms with Crippen molar-refractivity contribution in [2.45, 2.75) is 0 Å². The van der Waals surface area contributed by atoms with Crippen LogP contribution < -0.4 is 0 Å². The fraction of sp³-hybridized carbons (Fsp3) is 0. The van der Waals surface area contributed by atoms with E-state index in [4.69, 9.17) is 14.4 Å². The Bertz CT molecular complexity index is 3980. The van der Waals surface area contributed by atoms with E-state index in [0.29, 0.717) is 5.82 Å². The van der Waals surface area contributed by atoms with Crippen molar-refractivity contribution in [3.63, 3.8) is 0 Å². The van der Waals surface area contributed by atoms with E-state index < -0.39 is 0 Å². The van der Waals surface area contributed by atoms with Crippen LogP contribution >= 0.6 is 0 Å². The summed E-state index contributed by atoms with van der Waals surface area (Å²) in [6, 6.07) is 82.4. The minimum atomic E-state index is 0.693. The van der Waals surface area contributed by atoms with Gasteiger partial charge in [0.15, 0.2) is 5.82 Å². The number of para-hydroxylation sites is 2. The van der Waals surface area contributed by atoms with E-state index in [1.54, 1.807) is 0 Å². The van der Waals surface area contributed by atoms with Gasteiger partial charge in [-0.3, -0.25) is 0 Å². The Morgan fingerprint density at radius 2 is 0.862 bits per heavy atom. The highest BCUT2D eigenvalue weighted by atomic mass is 16.3. The van der Waals surface area contributed by atoms with Gasteiger partial charge in [-0.05, 0) is 101 Å². The molecule has 302 valence electrons. The van der Waals surface area contributed by atoms with Crippen molar-refractivity contribution in [3.8, 4) is 67.3 Å². The van der Waals surface area contributed by atoms with Crippen molar-refractivity contribution in [3.05, 3.63) is 231 Å². The van der Waals surface area contributed by atoms with Gasteiger partial charge in [0, 0.05) is 33.0 Å². The molecule has 3 heteroatoms. The molecule has 0 amide bonds. The Morgan fingerprint density at radius 3 is 1.68 bits per heavy atom. The Hall–Kier alpha value is -8.66. The van der Waals surface area contributed by atoms with Crippen molar-refractivity contribution in [2.75, 3.05) is 0 Å². The summed E-state index contributed by atoms with van der Waals surface area (Å²) in [5, 5.41) is 12.2. The van der Waals surface area contributed by atoms with Crippen LogP contribution in [-0.2, 0) is 0 Å². The van der Waals surface area contributed by atoms with Gasteiger partial charge >= 0.3 is 0 Å². The lowest BCUT2D eigenvalue weighted by atomic mass is 9.89. The molecule has 0 bridgehead atoms. The molecule has 0 aliphatic heterocycles. The molecule has 0 saturated carbocycles. The van der Waals surface area contributed by atoms with Crippen molar-refractivity contribution >= 4 is 65.0 Å². The first-order valence-corrected chi connectivity index (χ1v) is 22.1. The highest BCUT2D eigenvalue weighted by molar-refractivity contribution is 6.20. The van der Waals surface area contributed by atoms with Crippen molar-refractivity contribution < 1.29 is 4.42 Å². The summed E-state index contributed by atoms with van der Waals surface area (Å²) in [6.07, 6.45) is 0. The molecule has 2 aromatic heterocycles. The number of nitrogens with zero attached hydrogens (tertiary/aromatic N) is 2. The molecule has 0 fully saturated rings. The molecule has 0 N–H and O–H groups in total. The smallest absolute Gasteiger partial charge is 0.160 e. The standard InChI is InChI=1S/C62H38N2O/c1-2-12-44(13-3-1)62-63-57(42-25-23-41(24-26-42)52-18-10-19-55-53-17-8-9-20-59(53)65-61(52)55)38-58(64-62)49-32-31-46-35-45(29-30-47(46)36-49)39-21-27-43(28-22-39)60-51-16-7-5-14-48(51)37-56-50-15-6-4-11-40(50)33-34-54(56)60/h1-38H. The summed E-state index contributed by atoms with van der Waals surface area (Å²) in [5.41, 5.74) is 13.6. The normalized spacial score (nSPS) is 11.7. The molecule has 65 heavy (non-hydrogen) atoms. The van der Waals surface area contributed by atoms with E-state index in [1.807, 2.05) is 30.3 Å². The lowest BCUT2D eigenvalue weighted by Crippen LogP contribution is -1.96. The number of hydrogen-bond acceptors (Lipinski definition) is 3. The van der Waals surface area contributed by atoms with Gasteiger partial charge in [-0.1, -0.05) is 200 Å². The lowest BCUT2D eigenvalue weighted by Gasteiger charge is -2.14. The van der Waals surface area contributed by atoms with Crippen LogP contribution in [0.5, 0.6) is 0 Å². The summed E-state index contributed by atoms with van der Waals surface area (Å²) >= 11 is 0. The van der Waals surface area contributed by atoms with Crippen LogP contribution in [-0.4, -0.2) is 9.97 Å². The first-order chi connectivity index (χ1) is 32.2. The molecule has 13 rings (SSSR count). The Labute approximate surface area is 375 Å². The van der Waals surface area contributed by atoms with Gasteiger partial charge in [-0.15, -0.1) is 0 Å². The highest BCUT2D eigenvalue weighted by Crippen LogP contribution is 2.41. The van der Waals surface area contributed by atoms with Crippen molar-refractivity contribution in [2.24, 2.45) is 0 Å². The Kier molecular flexibility index (Phi) is 8.53. The number of hydrogen-bond donors (Lipinski definition) is 0. The number of fused-ring (bicyclic) bond motifs is 8. The van der Waals surface area contributed by atoms with E-state index in [2.05, 4.69) is 200 Å². The van der Waals surface area contributed by atoms with Gasteiger partial charge in [0.25, 0.3) is 0 Å². The van der Waals surface area contributed by atoms with Gasteiger partial charge in [0.05, 0.1) is 11.4 Å². The van der Waals surface area contributed by atoms with Crippen molar-refractivity contribution in [1.82, 2.24) is 9.97 Å². The molecular formula is C62H38N2O. The molecule has 0 aliphatic carbocycles. The van der Waals surface area contributed by atoms with Crippen LogP contribution in [0.15, 0.2) is 235 Å². The van der Waals surface area contributed by atoms with E-state index in [1.165, 1.54) is 60.0 Å². The maximum Gasteiger partial charge on any atom is 0.160 e. The predicted octanol–water partition coefficient (Wildman–Crippen LogP) is 17.0. The molecule has 11 aromatic carbocycles. The van der Waals surface area contributed by atoms with Crippen LogP contribution in [0.25, 0.3) is 132 Å². The molecule has 2 heterocycles. The van der Waals surface area contributed by atoms with E-state index in [9.17, 15) is 0 Å². The van der Waals surface area contributed by atoms with Crippen LogP contribution in [0.2, 0.25) is 0 Å². The summed E-state index contributed by atoms with van der Waals surface area (Å²) in [7, 11) is 0. The summed E-state index contributed by atoms with van der Waals surface area (Å²) < 4.78 is 6.37. The molecule has 0 spiro atoms. The third-order valence-corrected chi connectivity index (χ3v) is 13.1. The molecule has 0 aliphatic rings. The third kappa shape index (κ3) is 6.36. The zero-order valence-electron chi connectivity index (χ0n) is 35.2. The second-order valence-corrected chi connectivity index (χ2v) is 16.9. The average molecular weight is 827 g/mol. The lowest BCUT2D eigenvalue weighted by molar-refractivity contribution is 0.670. The molecular weight excluding hydrogens is 789 g/mol. The summed E-state index contributed by atoms with van der Waals surface area (Å²) in [6.45, 7) is 0. The van der Waals surface area contributed by atoms with Gasteiger partial charge in [0.1, 0.15) is 11.2 Å². The first-order valence-electron chi connectivity index (χ1n) is 22.1. The number of furan rings is 1. The molecule has 0 radical (unpaired) electrons. The third-order valence-electron chi connectivity index (χ3n) is 13.1. The molecule has 0 atom stereocenters. The monoisotopic (exact) mass is 826 g/mol. The second-order valence-electron chi connectivity index (χ2n) is 16.9. The minimum Gasteiger partial charge on any atom is -0.455 e.